The third-order valence-electron chi connectivity index (χ3n) is 12.2. The second-order valence-electron chi connectivity index (χ2n) is 17.3. The Morgan fingerprint density at radius 1 is 0.619 bits per heavy atom. The molecular formula is C40H52O2. The zero-order chi connectivity index (χ0) is 29.6. The summed E-state index contributed by atoms with van der Waals surface area (Å²) in [5, 5.41) is 0. The first-order valence-electron chi connectivity index (χ1n) is 17.2. The van der Waals surface area contributed by atoms with Crippen LogP contribution in [0, 0.1) is 17.8 Å². The van der Waals surface area contributed by atoms with Crippen LogP contribution < -0.4 is 0 Å². The van der Waals surface area contributed by atoms with Crippen molar-refractivity contribution in [3.8, 4) is 11.1 Å². The third-order valence-corrected chi connectivity index (χ3v) is 12.2. The zero-order valence-electron chi connectivity index (χ0n) is 27.1. The first kappa shape index (κ1) is 28.5. The maximum absolute atomic E-state index is 13.6. The normalized spacial score (nSPS) is 32.8. The van der Waals surface area contributed by atoms with E-state index in [-0.39, 0.29) is 28.1 Å². The maximum atomic E-state index is 13.6. The number of ketones is 2. The molecule has 4 bridgehead atoms. The predicted octanol–water partition coefficient (Wildman–Crippen LogP) is 10.1. The Bertz CT molecular complexity index is 1310. The smallest absolute Gasteiger partial charge is 0.140 e. The summed E-state index contributed by atoms with van der Waals surface area (Å²) >= 11 is 0. The predicted molar refractivity (Wildman–Crippen MR) is 172 cm³/mol. The minimum absolute atomic E-state index is 0.00182. The van der Waals surface area contributed by atoms with Gasteiger partial charge in [0.15, 0.2) is 0 Å². The molecule has 2 aromatic carbocycles. The van der Waals surface area contributed by atoms with Crippen molar-refractivity contribution in [1.82, 2.24) is 0 Å². The molecule has 0 radical (unpaired) electrons. The molecular weight excluding hydrogens is 512 g/mol. The molecule has 0 N–H and O–H groups in total. The van der Waals surface area contributed by atoms with E-state index in [0.29, 0.717) is 24.4 Å². The quantitative estimate of drug-likeness (QED) is 0.370. The van der Waals surface area contributed by atoms with Gasteiger partial charge in [-0.05, 0) is 137 Å². The number of benzene rings is 2. The molecule has 2 heteroatoms. The van der Waals surface area contributed by atoms with Crippen LogP contribution in [0.2, 0.25) is 0 Å². The molecule has 8 rings (SSSR count). The molecule has 0 aliphatic heterocycles. The van der Waals surface area contributed by atoms with Crippen molar-refractivity contribution in [2.24, 2.45) is 17.8 Å². The van der Waals surface area contributed by atoms with Crippen LogP contribution in [0.25, 0.3) is 11.1 Å². The summed E-state index contributed by atoms with van der Waals surface area (Å²) in [6, 6.07) is 12.3. The highest BCUT2D eigenvalue weighted by atomic mass is 16.1. The van der Waals surface area contributed by atoms with Gasteiger partial charge in [0.25, 0.3) is 0 Å². The van der Waals surface area contributed by atoms with Crippen molar-refractivity contribution in [2.45, 2.75) is 147 Å². The van der Waals surface area contributed by atoms with Crippen molar-refractivity contribution < 1.29 is 9.59 Å². The van der Waals surface area contributed by atoms with E-state index in [2.05, 4.69) is 71.9 Å². The number of carbonyl (C=O) groups excluding carboxylic acids is 2. The summed E-state index contributed by atoms with van der Waals surface area (Å²) in [5.41, 5.74) is 9.38. The molecule has 2 aromatic rings. The van der Waals surface area contributed by atoms with Crippen LogP contribution in [0.15, 0.2) is 30.3 Å². The highest BCUT2D eigenvalue weighted by molar-refractivity contribution is 5.94. The molecule has 0 heterocycles. The fraction of sp³-hybridized carbons (Fsp3) is 0.650. The topological polar surface area (TPSA) is 34.1 Å². The van der Waals surface area contributed by atoms with E-state index in [0.717, 1.165) is 43.4 Å². The Labute approximate surface area is 254 Å². The van der Waals surface area contributed by atoms with Gasteiger partial charge in [-0.2, -0.15) is 0 Å². The Morgan fingerprint density at radius 3 is 1.40 bits per heavy atom. The van der Waals surface area contributed by atoms with E-state index in [4.69, 9.17) is 0 Å². The summed E-state index contributed by atoms with van der Waals surface area (Å²) in [4.78, 5) is 27.2. The van der Waals surface area contributed by atoms with Crippen molar-refractivity contribution >= 4 is 11.6 Å². The molecule has 6 aliphatic rings. The van der Waals surface area contributed by atoms with E-state index in [9.17, 15) is 9.59 Å². The van der Waals surface area contributed by atoms with Crippen LogP contribution >= 0.6 is 0 Å². The molecule has 6 saturated carbocycles. The zero-order valence-corrected chi connectivity index (χ0v) is 27.1. The summed E-state index contributed by atoms with van der Waals surface area (Å²) in [6.07, 6.45) is 13.4. The second-order valence-corrected chi connectivity index (χ2v) is 17.3. The number of rotatable bonds is 4. The molecule has 6 aliphatic carbocycles. The second kappa shape index (κ2) is 9.90. The van der Waals surface area contributed by atoms with Crippen LogP contribution in [-0.2, 0) is 25.8 Å². The first-order chi connectivity index (χ1) is 19.8. The number of hydrogen-bond acceptors (Lipinski definition) is 2. The van der Waals surface area contributed by atoms with Gasteiger partial charge in [-0.3, -0.25) is 9.59 Å². The SMILES string of the molecule is CC(C)(C)c1cc(-c2c(C3CCCC3=O)cc(C34CC5CC(CC(C5)C3)C4)cc2C2CCCC2=O)cc(C(C)(C)C)c1. The molecule has 42 heavy (non-hydrogen) atoms. The molecule has 6 fully saturated rings. The van der Waals surface area contributed by atoms with Crippen molar-refractivity contribution in [1.29, 1.82) is 0 Å². The number of hydrogen-bond donors (Lipinski definition) is 0. The highest BCUT2D eigenvalue weighted by Crippen LogP contribution is 2.61. The van der Waals surface area contributed by atoms with E-state index in [1.165, 1.54) is 77.5 Å². The fourth-order valence-electron chi connectivity index (χ4n) is 10.3. The van der Waals surface area contributed by atoms with Crippen LogP contribution in [-0.4, -0.2) is 11.6 Å². The number of Topliss-reactive ketones (excluding diaryl/α,β-unsaturated/α-hetero) is 2. The van der Waals surface area contributed by atoms with Gasteiger partial charge in [0.2, 0.25) is 0 Å². The van der Waals surface area contributed by atoms with Crippen molar-refractivity contribution in [2.75, 3.05) is 0 Å². The van der Waals surface area contributed by atoms with Gasteiger partial charge in [-0.25, -0.2) is 0 Å². The van der Waals surface area contributed by atoms with Crippen molar-refractivity contribution in [3.05, 3.63) is 58.1 Å². The minimum atomic E-state index is -0.0412. The molecule has 0 amide bonds. The molecule has 224 valence electrons. The Kier molecular flexibility index (Phi) is 6.73. The monoisotopic (exact) mass is 564 g/mol. The molecule has 0 spiro atoms. The lowest BCUT2D eigenvalue weighted by Crippen LogP contribution is -2.48. The van der Waals surface area contributed by atoms with Crippen LogP contribution in [0.4, 0.5) is 0 Å². The van der Waals surface area contributed by atoms with Gasteiger partial charge in [-0.1, -0.05) is 71.9 Å². The molecule has 2 nitrogen and oxygen atoms in total. The molecule has 0 saturated heterocycles. The summed E-state index contributed by atoms with van der Waals surface area (Å²) in [5.74, 6) is 3.32. The Hall–Kier alpha value is -2.22. The largest absolute Gasteiger partial charge is 0.299 e. The fourth-order valence-corrected chi connectivity index (χ4v) is 10.3. The lowest BCUT2D eigenvalue weighted by Gasteiger charge is -2.57. The molecule has 2 unspecified atom stereocenters. The molecule has 2 atom stereocenters. The summed E-state index contributed by atoms with van der Waals surface area (Å²) < 4.78 is 0. The third kappa shape index (κ3) is 4.84. The minimum Gasteiger partial charge on any atom is -0.299 e. The highest BCUT2D eigenvalue weighted by Gasteiger charge is 2.52. The standard InChI is InChI=1S/C40H52O2/c1-38(2,3)28-16-27(17-29(18-28)39(4,5)6)37-33(31-9-7-11-35(31)41)19-30(20-34(37)32-10-8-12-36(32)42)40-21-24-13-25(22-40)15-26(14-24)23-40/h16-20,24-26,31-32H,7-15,21-23H2,1-6H3. The van der Waals surface area contributed by atoms with Gasteiger partial charge in [0, 0.05) is 24.7 Å². The van der Waals surface area contributed by atoms with Gasteiger partial charge in [0.1, 0.15) is 11.6 Å². The van der Waals surface area contributed by atoms with E-state index < -0.39 is 0 Å². The summed E-state index contributed by atoms with van der Waals surface area (Å²) in [6.45, 7) is 13.8. The van der Waals surface area contributed by atoms with E-state index in [1.807, 2.05) is 0 Å². The van der Waals surface area contributed by atoms with E-state index in [1.54, 1.807) is 0 Å². The lowest BCUT2D eigenvalue weighted by atomic mass is 9.48. The van der Waals surface area contributed by atoms with Crippen molar-refractivity contribution in [3.63, 3.8) is 0 Å². The van der Waals surface area contributed by atoms with Crippen LogP contribution in [0.3, 0.4) is 0 Å². The lowest BCUT2D eigenvalue weighted by molar-refractivity contribution is -0.119. The van der Waals surface area contributed by atoms with E-state index >= 15 is 0 Å². The molecule has 0 aromatic heterocycles. The van der Waals surface area contributed by atoms with Crippen LogP contribution in [0.1, 0.15) is 158 Å². The maximum Gasteiger partial charge on any atom is 0.140 e. The summed E-state index contributed by atoms with van der Waals surface area (Å²) in [7, 11) is 0. The van der Waals surface area contributed by atoms with Gasteiger partial charge >= 0.3 is 0 Å². The van der Waals surface area contributed by atoms with Gasteiger partial charge in [0.05, 0.1) is 0 Å². The average molecular weight is 565 g/mol. The van der Waals surface area contributed by atoms with Gasteiger partial charge in [-0.15, -0.1) is 0 Å². The first-order valence-corrected chi connectivity index (χ1v) is 17.2. The average Bonchev–Trinajstić information content (AvgIpc) is 3.53. The van der Waals surface area contributed by atoms with Crippen LogP contribution in [0.5, 0.6) is 0 Å². The Morgan fingerprint density at radius 2 is 1.05 bits per heavy atom. The Balaban J connectivity index is 1.51. The van der Waals surface area contributed by atoms with Gasteiger partial charge < -0.3 is 0 Å². The number of carbonyl (C=O) groups is 2.